The highest BCUT2D eigenvalue weighted by molar-refractivity contribution is 6.29. The van der Waals surface area contributed by atoms with Gasteiger partial charge in [0.15, 0.2) is 5.15 Å². The van der Waals surface area contributed by atoms with Gasteiger partial charge < -0.3 is 5.32 Å². The molecule has 0 atom stereocenters. The summed E-state index contributed by atoms with van der Waals surface area (Å²) in [6.45, 7) is 0.813. The summed E-state index contributed by atoms with van der Waals surface area (Å²) in [6.07, 6.45) is 6.19. The molecule has 0 aromatic carbocycles. The number of aromatic nitrogens is 3. The topological polar surface area (TPSA) is 50.7 Å². The highest BCUT2D eigenvalue weighted by Gasteiger charge is 1.96. The molecular formula is C11H11ClN4. The Labute approximate surface area is 98.7 Å². The van der Waals surface area contributed by atoms with Crippen molar-refractivity contribution >= 4 is 17.3 Å². The Bertz CT molecular complexity index is 447. The molecule has 82 valence electrons. The number of hydrogen-bond donors (Lipinski definition) is 1. The molecule has 2 aromatic heterocycles. The summed E-state index contributed by atoms with van der Waals surface area (Å²) in [5, 5.41) is 11.0. The standard InChI is InChI=1S/C11H11ClN4/c12-11-6-10(8-15-16-11)14-5-3-9-2-1-4-13-7-9/h1-2,4,6-8H,3,5H2,(H,14,16). The molecule has 0 unspecified atom stereocenters. The quantitative estimate of drug-likeness (QED) is 0.881. The van der Waals surface area contributed by atoms with E-state index in [4.69, 9.17) is 11.6 Å². The van der Waals surface area contributed by atoms with E-state index in [1.165, 1.54) is 5.56 Å². The highest BCUT2D eigenvalue weighted by atomic mass is 35.5. The Hall–Kier alpha value is -1.68. The summed E-state index contributed by atoms with van der Waals surface area (Å²) in [7, 11) is 0. The van der Waals surface area contributed by atoms with Gasteiger partial charge in [-0.1, -0.05) is 17.7 Å². The van der Waals surface area contributed by atoms with Crippen LogP contribution >= 0.6 is 11.6 Å². The second-order valence-corrected chi connectivity index (χ2v) is 3.69. The molecule has 0 radical (unpaired) electrons. The van der Waals surface area contributed by atoms with E-state index in [1.54, 1.807) is 18.5 Å². The molecule has 2 heterocycles. The maximum absolute atomic E-state index is 5.72. The van der Waals surface area contributed by atoms with E-state index < -0.39 is 0 Å². The zero-order chi connectivity index (χ0) is 11.2. The smallest absolute Gasteiger partial charge is 0.153 e. The van der Waals surface area contributed by atoms with Gasteiger partial charge in [-0.25, -0.2) is 0 Å². The van der Waals surface area contributed by atoms with Crippen molar-refractivity contribution in [3.8, 4) is 0 Å². The number of rotatable bonds is 4. The van der Waals surface area contributed by atoms with E-state index in [9.17, 15) is 0 Å². The summed E-state index contributed by atoms with van der Waals surface area (Å²) in [5.41, 5.74) is 2.08. The van der Waals surface area contributed by atoms with Gasteiger partial charge >= 0.3 is 0 Å². The van der Waals surface area contributed by atoms with Crippen molar-refractivity contribution < 1.29 is 0 Å². The average Bonchev–Trinajstić information content (AvgIpc) is 2.30. The molecule has 2 rings (SSSR count). The lowest BCUT2D eigenvalue weighted by Crippen LogP contribution is -2.05. The monoisotopic (exact) mass is 234 g/mol. The fourth-order valence-electron chi connectivity index (χ4n) is 1.33. The third-order valence-corrected chi connectivity index (χ3v) is 2.27. The van der Waals surface area contributed by atoms with Gasteiger partial charge in [-0.3, -0.25) is 4.98 Å². The zero-order valence-corrected chi connectivity index (χ0v) is 9.35. The summed E-state index contributed by atoms with van der Waals surface area (Å²) in [6, 6.07) is 5.73. The third-order valence-electron chi connectivity index (χ3n) is 2.09. The normalized spacial score (nSPS) is 10.1. The molecule has 0 fully saturated rings. The van der Waals surface area contributed by atoms with Gasteiger partial charge in [0.05, 0.1) is 11.9 Å². The van der Waals surface area contributed by atoms with Crippen LogP contribution in [0.2, 0.25) is 5.15 Å². The number of pyridine rings is 1. The molecule has 0 aliphatic rings. The maximum Gasteiger partial charge on any atom is 0.153 e. The van der Waals surface area contributed by atoms with E-state index in [0.29, 0.717) is 5.15 Å². The van der Waals surface area contributed by atoms with Crippen molar-refractivity contribution in [2.24, 2.45) is 0 Å². The number of nitrogens with zero attached hydrogens (tertiary/aromatic N) is 3. The minimum atomic E-state index is 0.395. The van der Waals surface area contributed by atoms with Gasteiger partial charge in [0.1, 0.15) is 0 Å². The first-order valence-corrected chi connectivity index (χ1v) is 5.33. The van der Waals surface area contributed by atoms with Crippen LogP contribution in [0.4, 0.5) is 5.69 Å². The van der Waals surface area contributed by atoms with Crippen LogP contribution in [0.1, 0.15) is 5.56 Å². The Morgan fingerprint density at radius 3 is 3.00 bits per heavy atom. The van der Waals surface area contributed by atoms with Gasteiger partial charge in [0, 0.05) is 25.0 Å². The van der Waals surface area contributed by atoms with Gasteiger partial charge in [0.25, 0.3) is 0 Å². The van der Waals surface area contributed by atoms with Crippen LogP contribution in [0.25, 0.3) is 0 Å². The zero-order valence-electron chi connectivity index (χ0n) is 8.60. The molecule has 0 bridgehead atoms. The van der Waals surface area contributed by atoms with Crippen molar-refractivity contribution in [1.29, 1.82) is 0 Å². The van der Waals surface area contributed by atoms with Crippen molar-refractivity contribution in [3.63, 3.8) is 0 Å². The summed E-state index contributed by atoms with van der Waals surface area (Å²) < 4.78 is 0. The maximum atomic E-state index is 5.72. The Balaban J connectivity index is 1.85. The van der Waals surface area contributed by atoms with E-state index in [0.717, 1.165) is 18.7 Å². The van der Waals surface area contributed by atoms with Crippen LogP contribution in [-0.4, -0.2) is 21.7 Å². The SMILES string of the molecule is Clc1cc(NCCc2cccnc2)cnn1. The molecule has 0 aliphatic carbocycles. The van der Waals surface area contributed by atoms with Crippen molar-refractivity contribution in [2.75, 3.05) is 11.9 Å². The molecule has 16 heavy (non-hydrogen) atoms. The molecular weight excluding hydrogens is 224 g/mol. The van der Waals surface area contributed by atoms with Crippen LogP contribution < -0.4 is 5.32 Å². The molecule has 0 saturated heterocycles. The second-order valence-electron chi connectivity index (χ2n) is 3.31. The number of halogens is 1. The molecule has 5 heteroatoms. The van der Waals surface area contributed by atoms with Gasteiger partial charge in [-0.2, -0.15) is 5.10 Å². The predicted octanol–water partition coefficient (Wildman–Crippen LogP) is 2.18. The van der Waals surface area contributed by atoms with Crippen molar-refractivity contribution in [1.82, 2.24) is 15.2 Å². The fraction of sp³-hybridized carbons (Fsp3) is 0.182. The van der Waals surface area contributed by atoms with E-state index in [2.05, 4.69) is 20.5 Å². The Kier molecular flexibility index (Phi) is 3.66. The van der Waals surface area contributed by atoms with Gasteiger partial charge in [0.2, 0.25) is 0 Å². The molecule has 4 nitrogen and oxygen atoms in total. The van der Waals surface area contributed by atoms with Crippen LogP contribution in [0.5, 0.6) is 0 Å². The predicted molar refractivity (Wildman–Crippen MR) is 63.5 cm³/mol. The van der Waals surface area contributed by atoms with E-state index in [1.807, 2.05) is 18.3 Å². The van der Waals surface area contributed by atoms with Crippen LogP contribution in [0, 0.1) is 0 Å². The first-order valence-electron chi connectivity index (χ1n) is 4.95. The molecule has 2 aromatic rings. The Morgan fingerprint density at radius 1 is 1.31 bits per heavy atom. The van der Waals surface area contributed by atoms with Crippen molar-refractivity contribution in [3.05, 3.63) is 47.5 Å². The molecule has 1 N–H and O–H groups in total. The summed E-state index contributed by atoms with van der Waals surface area (Å²) in [5.74, 6) is 0. The van der Waals surface area contributed by atoms with Gasteiger partial charge in [-0.05, 0) is 18.1 Å². The van der Waals surface area contributed by atoms with Crippen LogP contribution in [0.15, 0.2) is 36.8 Å². The first-order chi connectivity index (χ1) is 7.84. The van der Waals surface area contributed by atoms with Crippen molar-refractivity contribution in [2.45, 2.75) is 6.42 Å². The van der Waals surface area contributed by atoms with Crippen LogP contribution in [0.3, 0.4) is 0 Å². The summed E-state index contributed by atoms with van der Waals surface area (Å²) in [4.78, 5) is 4.05. The highest BCUT2D eigenvalue weighted by Crippen LogP contribution is 2.10. The minimum Gasteiger partial charge on any atom is -0.383 e. The first kappa shape index (κ1) is 10.8. The fourth-order valence-corrected chi connectivity index (χ4v) is 1.50. The summed E-state index contributed by atoms with van der Waals surface area (Å²) >= 11 is 5.72. The lowest BCUT2D eigenvalue weighted by atomic mass is 10.2. The average molecular weight is 235 g/mol. The number of nitrogens with one attached hydrogen (secondary N) is 1. The molecule has 0 spiro atoms. The lowest BCUT2D eigenvalue weighted by Gasteiger charge is -2.05. The number of anilines is 1. The van der Waals surface area contributed by atoms with E-state index in [-0.39, 0.29) is 0 Å². The lowest BCUT2D eigenvalue weighted by molar-refractivity contribution is 0.984. The molecule has 0 amide bonds. The van der Waals surface area contributed by atoms with E-state index >= 15 is 0 Å². The van der Waals surface area contributed by atoms with Crippen LogP contribution in [-0.2, 0) is 6.42 Å². The number of hydrogen-bond acceptors (Lipinski definition) is 4. The molecule has 0 aliphatic heterocycles. The molecule has 0 saturated carbocycles. The third kappa shape index (κ3) is 3.17. The minimum absolute atomic E-state index is 0.395. The Morgan fingerprint density at radius 2 is 2.25 bits per heavy atom. The second kappa shape index (κ2) is 5.42. The van der Waals surface area contributed by atoms with Gasteiger partial charge in [-0.15, -0.1) is 5.10 Å². The largest absolute Gasteiger partial charge is 0.383 e.